The molecule has 0 spiro atoms. The fraction of sp³-hybridized carbons (Fsp3) is 0.188. The normalized spacial score (nSPS) is 10.2. The number of ether oxygens (including phenoxy) is 1. The summed E-state index contributed by atoms with van der Waals surface area (Å²) in [6.07, 6.45) is 0.711. The molecule has 3 nitrogen and oxygen atoms in total. The first-order chi connectivity index (χ1) is 10.1. The summed E-state index contributed by atoms with van der Waals surface area (Å²) >= 11 is 5.79. The molecule has 1 amide bonds. The predicted molar refractivity (Wildman–Crippen MR) is 80.1 cm³/mol. The fourth-order valence-electron chi connectivity index (χ4n) is 1.75. The molecule has 0 unspecified atom stereocenters. The van der Waals surface area contributed by atoms with Gasteiger partial charge in [-0.25, -0.2) is 4.39 Å². The molecule has 0 atom stereocenters. The molecule has 0 radical (unpaired) electrons. The van der Waals surface area contributed by atoms with Crippen molar-refractivity contribution in [3.05, 3.63) is 64.9 Å². The number of carbonyl (C=O) groups excluding carboxylic acids is 1. The number of carbonyl (C=O) groups is 1. The number of nitrogens with one attached hydrogen (secondary N) is 1. The van der Waals surface area contributed by atoms with Crippen LogP contribution in [0.3, 0.4) is 0 Å². The minimum atomic E-state index is -0.393. The van der Waals surface area contributed by atoms with Crippen LogP contribution >= 0.6 is 11.6 Å². The second-order valence-corrected chi connectivity index (χ2v) is 4.91. The fourth-order valence-corrected chi connectivity index (χ4v) is 1.88. The first kappa shape index (κ1) is 15.3. The molecule has 0 saturated carbocycles. The van der Waals surface area contributed by atoms with E-state index in [2.05, 4.69) is 5.32 Å². The summed E-state index contributed by atoms with van der Waals surface area (Å²) in [5.41, 5.74) is 1.09. The summed E-state index contributed by atoms with van der Waals surface area (Å²) in [5.74, 6) is -0.299. The van der Waals surface area contributed by atoms with E-state index in [1.54, 1.807) is 6.07 Å². The highest BCUT2D eigenvalue weighted by molar-refractivity contribution is 6.30. The average molecular weight is 308 g/mol. The number of halogens is 2. The third kappa shape index (κ3) is 5.44. The molecular weight excluding hydrogens is 293 g/mol. The monoisotopic (exact) mass is 307 g/mol. The van der Waals surface area contributed by atoms with Crippen molar-refractivity contribution in [3.63, 3.8) is 0 Å². The lowest BCUT2D eigenvalue weighted by atomic mass is 10.1. The van der Waals surface area contributed by atoms with Gasteiger partial charge in [-0.2, -0.15) is 0 Å². The molecule has 0 aliphatic heterocycles. The highest BCUT2D eigenvalue weighted by atomic mass is 35.5. The Morgan fingerprint density at radius 3 is 2.67 bits per heavy atom. The van der Waals surface area contributed by atoms with Crippen LogP contribution in [-0.4, -0.2) is 19.1 Å². The van der Waals surface area contributed by atoms with Crippen molar-refractivity contribution in [1.82, 2.24) is 5.32 Å². The number of hydrogen-bond acceptors (Lipinski definition) is 2. The Balaban J connectivity index is 1.69. The Bertz CT molecular complexity index is 601. The predicted octanol–water partition coefficient (Wildman–Crippen LogP) is 3.22. The van der Waals surface area contributed by atoms with Crippen molar-refractivity contribution < 1.29 is 13.9 Å². The van der Waals surface area contributed by atoms with Gasteiger partial charge < -0.3 is 10.1 Å². The third-order valence-electron chi connectivity index (χ3n) is 2.82. The maximum absolute atomic E-state index is 12.9. The molecule has 0 aliphatic carbocycles. The Morgan fingerprint density at radius 2 is 1.95 bits per heavy atom. The number of hydrogen-bond donors (Lipinski definition) is 1. The zero-order valence-electron chi connectivity index (χ0n) is 11.3. The van der Waals surface area contributed by atoms with Crippen molar-refractivity contribution >= 4 is 17.5 Å². The summed E-state index contributed by atoms with van der Waals surface area (Å²) in [6, 6.07) is 13.1. The van der Waals surface area contributed by atoms with Gasteiger partial charge in [-0.1, -0.05) is 29.8 Å². The van der Waals surface area contributed by atoms with E-state index in [1.165, 1.54) is 18.2 Å². The van der Waals surface area contributed by atoms with E-state index in [0.717, 1.165) is 5.56 Å². The van der Waals surface area contributed by atoms with Gasteiger partial charge in [-0.3, -0.25) is 4.79 Å². The van der Waals surface area contributed by atoms with Crippen molar-refractivity contribution in [2.75, 3.05) is 13.2 Å². The molecule has 0 aliphatic rings. The molecule has 1 N–H and O–H groups in total. The molecule has 21 heavy (non-hydrogen) atoms. The largest absolute Gasteiger partial charge is 0.484 e. The zero-order chi connectivity index (χ0) is 15.1. The van der Waals surface area contributed by atoms with Gasteiger partial charge in [0.05, 0.1) is 0 Å². The van der Waals surface area contributed by atoms with E-state index in [9.17, 15) is 9.18 Å². The van der Waals surface area contributed by atoms with Crippen LogP contribution in [0.4, 0.5) is 4.39 Å². The van der Waals surface area contributed by atoms with E-state index in [0.29, 0.717) is 23.7 Å². The summed E-state index contributed by atoms with van der Waals surface area (Å²) < 4.78 is 18.1. The number of rotatable bonds is 6. The lowest BCUT2D eigenvalue weighted by Gasteiger charge is -2.07. The van der Waals surface area contributed by atoms with E-state index in [4.69, 9.17) is 16.3 Å². The molecule has 0 aromatic heterocycles. The zero-order valence-corrected chi connectivity index (χ0v) is 12.1. The lowest BCUT2D eigenvalue weighted by molar-refractivity contribution is -0.123. The molecule has 110 valence electrons. The summed E-state index contributed by atoms with van der Waals surface area (Å²) in [5, 5.41) is 3.43. The highest BCUT2D eigenvalue weighted by Crippen LogP contribution is 2.11. The van der Waals surface area contributed by atoms with E-state index < -0.39 is 5.82 Å². The van der Waals surface area contributed by atoms with Gasteiger partial charge in [0.2, 0.25) is 0 Å². The van der Waals surface area contributed by atoms with Crippen molar-refractivity contribution in [2.24, 2.45) is 0 Å². The van der Waals surface area contributed by atoms with Gasteiger partial charge in [0, 0.05) is 17.6 Å². The maximum atomic E-state index is 12.9. The Labute approximate surface area is 127 Å². The third-order valence-corrected chi connectivity index (χ3v) is 3.07. The van der Waals surface area contributed by atoms with Crippen LogP contribution in [0.15, 0.2) is 48.5 Å². The first-order valence-corrected chi connectivity index (χ1v) is 6.91. The Hall–Kier alpha value is -2.07. The summed E-state index contributed by atoms with van der Waals surface area (Å²) in [7, 11) is 0. The molecular formula is C16H15ClFNO2. The van der Waals surface area contributed by atoms with Gasteiger partial charge in [0.25, 0.3) is 5.91 Å². The maximum Gasteiger partial charge on any atom is 0.257 e. The summed E-state index contributed by atoms with van der Waals surface area (Å²) in [4.78, 5) is 11.6. The molecule has 0 saturated heterocycles. The van der Waals surface area contributed by atoms with Gasteiger partial charge in [0.1, 0.15) is 11.6 Å². The van der Waals surface area contributed by atoms with Gasteiger partial charge in [-0.15, -0.1) is 0 Å². The van der Waals surface area contributed by atoms with Crippen LogP contribution < -0.4 is 10.1 Å². The number of benzene rings is 2. The van der Waals surface area contributed by atoms with Crippen LogP contribution in [0.5, 0.6) is 5.75 Å². The van der Waals surface area contributed by atoms with Crippen molar-refractivity contribution in [3.8, 4) is 5.75 Å². The van der Waals surface area contributed by atoms with Crippen LogP contribution in [0.2, 0.25) is 5.02 Å². The molecule has 2 aromatic rings. The minimum Gasteiger partial charge on any atom is -0.484 e. The Kier molecular flexibility index (Phi) is 5.58. The Morgan fingerprint density at radius 1 is 1.19 bits per heavy atom. The molecule has 0 heterocycles. The van der Waals surface area contributed by atoms with Crippen LogP contribution in [-0.2, 0) is 11.2 Å². The van der Waals surface area contributed by atoms with E-state index in [1.807, 2.05) is 24.3 Å². The second kappa shape index (κ2) is 7.64. The van der Waals surface area contributed by atoms with Crippen molar-refractivity contribution in [1.29, 1.82) is 0 Å². The van der Waals surface area contributed by atoms with Gasteiger partial charge in [0.15, 0.2) is 6.61 Å². The molecule has 2 aromatic carbocycles. The quantitative estimate of drug-likeness (QED) is 0.890. The standard InChI is InChI=1S/C16H15ClFNO2/c17-13-6-4-12(5-7-13)8-9-19-16(20)11-21-15-3-1-2-14(18)10-15/h1-7,10H,8-9,11H2,(H,19,20). The number of amides is 1. The topological polar surface area (TPSA) is 38.3 Å². The second-order valence-electron chi connectivity index (χ2n) is 4.47. The van der Waals surface area contributed by atoms with E-state index >= 15 is 0 Å². The van der Waals surface area contributed by atoms with E-state index in [-0.39, 0.29) is 12.5 Å². The van der Waals surface area contributed by atoms with Gasteiger partial charge in [-0.05, 0) is 36.2 Å². The molecule has 0 bridgehead atoms. The first-order valence-electron chi connectivity index (χ1n) is 6.53. The summed E-state index contributed by atoms with van der Waals surface area (Å²) in [6.45, 7) is 0.372. The van der Waals surface area contributed by atoms with Crippen LogP contribution in [0, 0.1) is 5.82 Å². The molecule has 2 rings (SSSR count). The smallest absolute Gasteiger partial charge is 0.257 e. The van der Waals surface area contributed by atoms with Crippen LogP contribution in [0.25, 0.3) is 0 Å². The molecule has 5 heteroatoms. The average Bonchev–Trinajstić information content (AvgIpc) is 2.47. The SMILES string of the molecule is O=C(COc1cccc(F)c1)NCCc1ccc(Cl)cc1. The minimum absolute atomic E-state index is 0.135. The molecule has 0 fully saturated rings. The van der Waals surface area contributed by atoms with Gasteiger partial charge >= 0.3 is 0 Å². The highest BCUT2D eigenvalue weighted by Gasteiger charge is 2.03. The van der Waals surface area contributed by atoms with Crippen LogP contribution in [0.1, 0.15) is 5.56 Å². The lowest BCUT2D eigenvalue weighted by Crippen LogP contribution is -2.30. The van der Waals surface area contributed by atoms with Crippen molar-refractivity contribution in [2.45, 2.75) is 6.42 Å².